The van der Waals surface area contributed by atoms with Crippen molar-refractivity contribution >= 4 is 5.91 Å². The Balaban J connectivity index is 2.23. The van der Waals surface area contributed by atoms with Gasteiger partial charge >= 0.3 is 0 Å². The smallest absolute Gasteiger partial charge is 0.290 e. The van der Waals surface area contributed by atoms with Crippen molar-refractivity contribution < 1.29 is 14.4 Å². The highest BCUT2D eigenvalue weighted by molar-refractivity contribution is 5.88. The number of carbonyl (C=O) groups is 1. The van der Waals surface area contributed by atoms with Crippen LogP contribution in [-0.2, 0) is 5.60 Å². The first-order valence-corrected chi connectivity index (χ1v) is 4.69. The fourth-order valence-electron chi connectivity index (χ4n) is 1.57. The van der Waals surface area contributed by atoms with Crippen LogP contribution in [0.1, 0.15) is 29.4 Å². The molecular formula is C8H12N4O3. The van der Waals surface area contributed by atoms with Gasteiger partial charge in [0.2, 0.25) is 0 Å². The SMILES string of the molecule is NC(=O)c1noc(C2(O)CCNCC2)n1. The lowest BCUT2D eigenvalue weighted by Crippen LogP contribution is -2.40. The second kappa shape index (κ2) is 3.59. The molecule has 2 rings (SSSR count). The van der Waals surface area contributed by atoms with E-state index in [0.29, 0.717) is 25.9 Å². The summed E-state index contributed by atoms with van der Waals surface area (Å²) in [6, 6.07) is 0. The number of carbonyl (C=O) groups excluding carboxylic acids is 1. The predicted octanol–water partition coefficient (Wildman–Crippen LogP) is -1.26. The van der Waals surface area contributed by atoms with Crippen molar-refractivity contribution in [3.8, 4) is 0 Å². The van der Waals surface area contributed by atoms with Crippen LogP contribution in [0.2, 0.25) is 0 Å². The maximum Gasteiger partial charge on any atom is 0.290 e. The van der Waals surface area contributed by atoms with Gasteiger partial charge in [-0.05, 0) is 25.9 Å². The molecule has 7 heteroatoms. The molecule has 1 aliphatic heterocycles. The topological polar surface area (TPSA) is 114 Å². The van der Waals surface area contributed by atoms with Crippen molar-refractivity contribution in [3.63, 3.8) is 0 Å². The van der Waals surface area contributed by atoms with Gasteiger partial charge in [0.1, 0.15) is 5.60 Å². The third kappa shape index (κ3) is 1.83. The lowest BCUT2D eigenvalue weighted by atomic mass is 9.92. The van der Waals surface area contributed by atoms with Crippen LogP contribution in [0.4, 0.5) is 0 Å². The first kappa shape index (κ1) is 10.1. The lowest BCUT2D eigenvalue weighted by Gasteiger charge is -2.28. The highest BCUT2D eigenvalue weighted by atomic mass is 16.5. The summed E-state index contributed by atoms with van der Waals surface area (Å²) in [5.74, 6) is -0.891. The Morgan fingerprint density at radius 2 is 2.20 bits per heavy atom. The number of rotatable bonds is 2. The normalized spacial score (nSPS) is 20.1. The van der Waals surface area contributed by atoms with Crippen molar-refractivity contribution in [2.24, 2.45) is 5.73 Å². The Morgan fingerprint density at radius 3 is 2.73 bits per heavy atom. The van der Waals surface area contributed by atoms with E-state index in [0.717, 1.165) is 0 Å². The maximum absolute atomic E-state index is 10.7. The number of hydrogen-bond acceptors (Lipinski definition) is 6. The number of aliphatic hydroxyl groups is 1. The molecule has 82 valence electrons. The van der Waals surface area contributed by atoms with Gasteiger partial charge < -0.3 is 20.7 Å². The third-order valence-electron chi connectivity index (χ3n) is 2.48. The van der Waals surface area contributed by atoms with Gasteiger partial charge in [-0.3, -0.25) is 4.79 Å². The van der Waals surface area contributed by atoms with E-state index in [1.165, 1.54) is 0 Å². The molecule has 2 heterocycles. The molecule has 4 N–H and O–H groups in total. The molecule has 1 amide bonds. The molecule has 0 radical (unpaired) electrons. The maximum atomic E-state index is 10.7. The zero-order chi connectivity index (χ0) is 10.9. The first-order chi connectivity index (χ1) is 7.12. The van der Waals surface area contributed by atoms with Crippen molar-refractivity contribution in [1.29, 1.82) is 0 Å². The largest absolute Gasteiger partial charge is 0.380 e. The summed E-state index contributed by atoms with van der Waals surface area (Å²) in [7, 11) is 0. The van der Waals surface area contributed by atoms with E-state index in [1.807, 2.05) is 0 Å². The summed E-state index contributed by atoms with van der Waals surface area (Å²) in [5, 5.41) is 16.6. The summed E-state index contributed by atoms with van der Waals surface area (Å²) in [4.78, 5) is 14.5. The van der Waals surface area contributed by atoms with Gasteiger partial charge in [-0.2, -0.15) is 4.98 Å². The Labute approximate surface area is 85.6 Å². The number of piperidine rings is 1. The van der Waals surface area contributed by atoms with E-state index in [4.69, 9.17) is 10.3 Å². The molecule has 0 aliphatic carbocycles. The van der Waals surface area contributed by atoms with Crippen LogP contribution in [0.3, 0.4) is 0 Å². The van der Waals surface area contributed by atoms with Gasteiger partial charge in [-0.1, -0.05) is 5.16 Å². The number of primary amides is 1. The van der Waals surface area contributed by atoms with Crippen molar-refractivity contribution in [3.05, 3.63) is 11.7 Å². The molecule has 1 aromatic heterocycles. The molecule has 0 unspecified atom stereocenters. The Hall–Kier alpha value is -1.47. The van der Waals surface area contributed by atoms with E-state index < -0.39 is 11.5 Å². The average molecular weight is 212 g/mol. The van der Waals surface area contributed by atoms with Crippen LogP contribution >= 0.6 is 0 Å². The molecule has 1 saturated heterocycles. The van der Waals surface area contributed by atoms with Crippen molar-refractivity contribution in [1.82, 2.24) is 15.5 Å². The highest BCUT2D eigenvalue weighted by Crippen LogP contribution is 2.28. The predicted molar refractivity (Wildman–Crippen MR) is 48.8 cm³/mol. The van der Waals surface area contributed by atoms with Gasteiger partial charge in [0.05, 0.1) is 0 Å². The van der Waals surface area contributed by atoms with Crippen molar-refractivity contribution in [2.45, 2.75) is 18.4 Å². The molecule has 1 fully saturated rings. The van der Waals surface area contributed by atoms with Gasteiger partial charge in [-0.25, -0.2) is 0 Å². The van der Waals surface area contributed by atoms with Gasteiger partial charge in [-0.15, -0.1) is 0 Å². The van der Waals surface area contributed by atoms with Crippen LogP contribution in [0, 0.1) is 0 Å². The fourth-order valence-corrected chi connectivity index (χ4v) is 1.57. The number of amides is 1. The Kier molecular flexibility index (Phi) is 2.41. The minimum absolute atomic E-state index is 0.0674. The Morgan fingerprint density at radius 1 is 1.53 bits per heavy atom. The monoisotopic (exact) mass is 212 g/mol. The quantitative estimate of drug-likeness (QED) is 0.563. The minimum atomic E-state index is -1.13. The first-order valence-electron chi connectivity index (χ1n) is 4.69. The summed E-state index contributed by atoms with van der Waals surface area (Å²) >= 11 is 0. The molecule has 15 heavy (non-hydrogen) atoms. The van der Waals surface area contributed by atoms with Crippen LogP contribution in [-0.4, -0.2) is 34.2 Å². The van der Waals surface area contributed by atoms with E-state index in [2.05, 4.69) is 15.5 Å². The van der Waals surface area contributed by atoms with Crippen LogP contribution < -0.4 is 11.1 Å². The molecule has 1 aromatic rings. The van der Waals surface area contributed by atoms with E-state index in [9.17, 15) is 9.90 Å². The zero-order valence-electron chi connectivity index (χ0n) is 8.06. The van der Waals surface area contributed by atoms with Crippen LogP contribution in [0.25, 0.3) is 0 Å². The molecule has 0 saturated carbocycles. The van der Waals surface area contributed by atoms with Crippen LogP contribution in [0.5, 0.6) is 0 Å². The van der Waals surface area contributed by atoms with Gasteiger partial charge in [0.15, 0.2) is 0 Å². The van der Waals surface area contributed by atoms with Gasteiger partial charge in [0, 0.05) is 0 Å². The lowest BCUT2D eigenvalue weighted by molar-refractivity contribution is -0.0228. The van der Waals surface area contributed by atoms with Crippen molar-refractivity contribution in [2.75, 3.05) is 13.1 Å². The summed E-state index contributed by atoms with van der Waals surface area (Å²) in [6.07, 6.45) is 0.959. The summed E-state index contributed by atoms with van der Waals surface area (Å²) < 4.78 is 4.83. The molecule has 1 aliphatic rings. The number of nitrogens with two attached hydrogens (primary N) is 1. The number of nitrogens with one attached hydrogen (secondary N) is 1. The summed E-state index contributed by atoms with van der Waals surface area (Å²) in [5.41, 5.74) is 3.85. The highest BCUT2D eigenvalue weighted by Gasteiger charge is 2.37. The van der Waals surface area contributed by atoms with Crippen LogP contribution in [0.15, 0.2) is 4.52 Å². The Bertz CT molecular complexity index is 370. The molecule has 0 atom stereocenters. The standard InChI is InChI=1S/C8H12N4O3/c9-5(13)6-11-7(15-12-6)8(14)1-3-10-4-2-8/h10,14H,1-4H2,(H2,9,13). The molecule has 0 spiro atoms. The molecule has 7 nitrogen and oxygen atoms in total. The van der Waals surface area contributed by atoms with E-state index in [-0.39, 0.29) is 11.7 Å². The zero-order valence-corrected chi connectivity index (χ0v) is 8.06. The number of hydrogen-bond donors (Lipinski definition) is 3. The van der Waals surface area contributed by atoms with E-state index >= 15 is 0 Å². The summed E-state index contributed by atoms with van der Waals surface area (Å²) in [6.45, 7) is 1.34. The third-order valence-corrected chi connectivity index (χ3v) is 2.48. The molecule has 0 aromatic carbocycles. The number of nitrogens with zero attached hydrogens (tertiary/aromatic N) is 2. The second-order valence-corrected chi connectivity index (χ2v) is 3.57. The molecular weight excluding hydrogens is 200 g/mol. The number of aromatic nitrogens is 2. The molecule has 0 bridgehead atoms. The van der Waals surface area contributed by atoms with E-state index in [1.54, 1.807) is 0 Å². The average Bonchev–Trinajstić information content (AvgIpc) is 2.68. The van der Waals surface area contributed by atoms with Gasteiger partial charge in [0.25, 0.3) is 17.6 Å². The minimum Gasteiger partial charge on any atom is -0.380 e. The second-order valence-electron chi connectivity index (χ2n) is 3.57. The fraction of sp³-hybridized carbons (Fsp3) is 0.625.